The molecule has 0 radical (unpaired) electrons. The molecule has 2 aromatic carbocycles. The third kappa shape index (κ3) is 7.81. The van der Waals surface area contributed by atoms with E-state index in [9.17, 15) is 9.59 Å². The number of carbonyl (C=O) groups is 2. The lowest BCUT2D eigenvalue weighted by molar-refractivity contribution is -0.143. The fourth-order valence-electron chi connectivity index (χ4n) is 3.25. The van der Waals surface area contributed by atoms with E-state index in [4.69, 9.17) is 14.9 Å². The molecule has 172 valence electrons. The number of ether oxygens (including phenoxy) is 2. The fraction of sp³-hybridized carbons (Fsp3) is 0.400. The molecule has 0 fully saturated rings. The van der Waals surface area contributed by atoms with Gasteiger partial charge in [0.1, 0.15) is 0 Å². The maximum Gasteiger partial charge on any atom is 0.327 e. The van der Waals surface area contributed by atoms with Gasteiger partial charge in [-0.2, -0.15) is 0 Å². The van der Waals surface area contributed by atoms with Crippen molar-refractivity contribution in [2.24, 2.45) is 0 Å². The van der Waals surface area contributed by atoms with E-state index in [1.807, 2.05) is 56.3 Å². The zero-order valence-electron chi connectivity index (χ0n) is 19.0. The quantitative estimate of drug-likeness (QED) is 0.285. The van der Waals surface area contributed by atoms with Crippen molar-refractivity contribution in [1.29, 1.82) is 5.41 Å². The Kier molecular flexibility index (Phi) is 10.4. The molecule has 0 aromatic heterocycles. The van der Waals surface area contributed by atoms with Gasteiger partial charge in [0.2, 0.25) is 0 Å². The van der Waals surface area contributed by atoms with E-state index >= 15 is 0 Å². The Bertz CT molecular complexity index is 855. The number of urea groups is 1. The standard InChI is InChI=1S/C25H33N3O4/c1-4-23(19(3)32-17-21-9-7-6-8-10-21)27-25(30)28(18-26)22-14-11-20(12-15-22)13-16-24(29)31-5-2/h6-12,14-15,18-19,23,26H,4-5,13,16-17H2,1-3H3,(H,27,30)/t19-,23-/m0/s1. The number of amides is 2. The van der Waals surface area contributed by atoms with Crippen LogP contribution in [0.1, 0.15) is 44.7 Å². The summed E-state index contributed by atoms with van der Waals surface area (Å²) in [5.74, 6) is -0.230. The first-order chi connectivity index (χ1) is 15.5. The number of nitrogens with zero attached hydrogens (tertiary/aromatic N) is 1. The Hall–Kier alpha value is -3.19. The maximum absolute atomic E-state index is 12.8. The number of rotatable bonds is 12. The van der Waals surface area contributed by atoms with Crippen LogP contribution in [-0.2, 0) is 27.3 Å². The largest absolute Gasteiger partial charge is 0.466 e. The number of benzene rings is 2. The van der Waals surface area contributed by atoms with Crippen LogP contribution < -0.4 is 10.2 Å². The third-order valence-corrected chi connectivity index (χ3v) is 5.16. The summed E-state index contributed by atoms with van der Waals surface area (Å²) in [6.45, 7) is 6.54. The van der Waals surface area contributed by atoms with Crippen LogP contribution in [0.15, 0.2) is 54.6 Å². The topological polar surface area (TPSA) is 91.7 Å². The predicted octanol–water partition coefficient (Wildman–Crippen LogP) is 4.69. The number of hydrogen-bond donors (Lipinski definition) is 2. The highest BCUT2D eigenvalue weighted by molar-refractivity contribution is 6.06. The Morgan fingerprint density at radius 1 is 1.06 bits per heavy atom. The first kappa shape index (κ1) is 25.1. The molecule has 0 aliphatic heterocycles. The van der Waals surface area contributed by atoms with Crippen LogP contribution in [0, 0.1) is 5.41 Å². The highest BCUT2D eigenvalue weighted by atomic mass is 16.5. The molecule has 2 N–H and O–H groups in total. The Labute approximate surface area is 190 Å². The van der Waals surface area contributed by atoms with E-state index in [0.29, 0.717) is 38.2 Å². The predicted molar refractivity (Wildman–Crippen MR) is 126 cm³/mol. The minimum absolute atomic E-state index is 0.193. The van der Waals surface area contributed by atoms with Crippen LogP contribution in [0.4, 0.5) is 10.5 Å². The molecule has 7 heteroatoms. The van der Waals surface area contributed by atoms with Crippen molar-refractivity contribution >= 4 is 24.0 Å². The highest BCUT2D eigenvalue weighted by Crippen LogP contribution is 2.17. The second-order valence-electron chi connectivity index (χ2n) is 7.44. The second kappa shape index (κ2) is 13.3. The molecule has 0 bridgehead atoms. The molecule has 7 nitrogen and oxygen atoms in total. The molecule has 0 aliphatic rings. The zero-order chi connectivity index (χ0) is 23.3. The van der Waals surface area contributed by atoms with Gasteiger partial charge in [0.15, 0.2) is 0 Å². The molecular weight excluding hydrogens is 406 g/mol. The van der Waals surface area contributed by atoms with Crippen molar-refractivity contribution < 1.29 is 19.1 Å². The number of anilines is 1. The summed E-state index contributed by atoms with van der Waals surface area (Å²) in [5, 5.41) is 10.7. The first-order valence-corrected chi connectivity index (χ1v) is 11.0. The lowest BCUT2D eigenvalue weighted by Crippen LogP contribution is -2.48. The van der Waals surface area contributed by atoms with Crippen LogP contribution in [0.5, 0.6) is 0 Å². The maximum atomic E-state index is 12.8. The average molecular weight is 440 g/mol. The Morgan fingerprint density at radius 2 is 1.75 bits per heavy atom. The molecule has 2 rings (SSSR count). The SMILES string of the molecule is CCOC(=O)CCc1ccc(N(C=N)C(=O)N[C@@H](CC)[C@H](C)OCc2ccccc2)cc1. The van der Waals surface area contributed by atoms with Crippen LogP contribution in [-0.4, -0.2) is 37.1 Å². The Balaban J connectivity index is 1.93. The highest BCUT2D eigenvalue weighted by Gasteiger charge is 2.22. The lowest BCUT2D eigenvalue weighted by Gasteiger charge is -2.27. The van der Waals surface area contributed by atoms with Gasteiger partial charge < -0.3 is 14.8 Å². The monoisotopic (exact) mass is 439 g/mol. The third-order valence-electron chi connectivity index (χ3n) is 5.16. The van der Waals surface area contributed by atoms with Gasteiger partial charge in [0.25, 0.3) is 0 Å². The summed E-state index contributed by atoms with van der Waals surface area (Å²) in [6, 6.07) is 16.5. The minimum atomic E-state index is -0.388. The van der Waals surface area contributed by atoms with E-state index in [2.05, 4.69) is 5.32 Å². The van der Waals surface area contributed by atoms with Crippen molar-refractivity contribution in [2.45, 2.75) is 58.8 Å². The molecule has 0 unspecified atom stereocenters. The van der Waals surface area contributed by atoms with Gasteiger partial charge in [0.05, 0.1) is 37.4 Å². The molecule has 0 aliphatic carbocycles. The molecule has 0 spiro atoms. The molecule has 2 amide bonds. The van der Waals surface area contributed by atoms with Gasteiger partial charge in [0, 0.05) is 6.42 Å². The number of hydrogen-bond acceptors (Lipinski definition) is 5. The molecule has 2 aromatic rings. The second-order valence-corrected chi connectivity index (χ2v) is 7.44. The summed E-state index contributed by atoms with van der Waals surface area (Å²) in [5.41, 5.74) is 2.61. The number of esters is 1. The minimum Gasteiger partial charge on any atom is -0.466 e. The number of aryl methyl sites for hydroxylation is 1. The van der Waals surface area contributed by atoms with E-state index < -0.39 is 0 Å². The van der Waals surface area contributed by atoms with Gasteiger partial charge in [-0.05, 0) is 49.9 Å². The summed E-state index contributed by atoms with van der Waals surface area (Å²) in [7, 11) is 0. The summed E-state index contributed by atoms with van der Waals surface area (Å²) in [4.78, 5) is 25.6. The van der Waals surface area contributed by atoms with Gasteiger partial charge in [-0.1, -0.05) is 49.4 Å². The smallest absolute Gasteiger partial charge is 0.327 e. The Morgan fingerprint density at radius 3 is 2.34 bits per heavy atom. The normalized spacial score (nSPS) is 12.5. The summed E-state index contributed by atoms with van der Waals surface area (Å²) in [6.07, 6.45) is 2.36. The van der Waals surface area contributed by atoms with Crippen molar-refractivity contribution in [3.05, 3.63) is 65.7 Å². The molecule has 0 saturated carbocycles. The number of nitrogens with one attached hydrogen (secondary N) is 2. The van der Waals surface area contributed by atoms with Gasteiger partial charge in [-0.3, -0.25) is 15.1 Å². The van der Waals surface area contributed by atoms with Crippen LogP contribution in [0.25, 0.3) is 0 Å². The van der Waals surface area contributed by atoms with Crippen molar-refractivity contribution in [2.75, 3.05) is 11.5 Å². The molecular formula is C25H33N3O4. The van der Waals surface area contributed by atoms with Gasteiger partial charge in [-0.25, -0.2) is 4.79 Å². The van der Waals surface area contributed by atoms with Gasteiger partial charge in [-0.15, -0.1) is 0 Å². The van der Waals surface area contributed by atoms with E-state index in [1.54, 1.807) is 19.1 Å². The van der Waals surface area contributed by atoms with Crippen molar-refractivity contribution in [3.8, 4) is 0 Å². The summed E-state index contributed by atoms with van der Waals surface area (Å²) < 4.78 is 10.9. The van der Waals surface area contributed by atoms with Crippen molar-refractivity contribution in [3.63, 3.8) is 0 Å². The molecule has 2 atom stereocenters. The lowest BCUT2D eigenvalue weighted by atomic mass is 10.1. The van der Waals surface area contributed by atoms with Gasteiger partial charge >= 0.3 is 12.0 Å². The van der Waals surface area contributed by atoms with Crippen molar-refractivity contribution in [1.82, 2.24) is 5.32 Å². The number of carbonyl (C=O) groups excluding carboxylic acids is 2. The van der Waals surface area contributed by atoms with E-state index in [0.717, 1.165) is 17.5 Å². The van der Waals surface area contributed by atoms with Crippen LogP contribution in [0.2, 0.25) is 0 Å². The fourth-order valence-corrected chi connectivity index (χ4v) is 3.25. The van der Waals surface area contributed by atoms with Crippen LogP contribution in [0.3, 0.4) is 0 Å². The zero-order valence-corrected chi connectivity index (χ0v) is 19.0. The molecule has 0 heterocycles. The van der Waals surface area contributed by atoms with E-state index in [1.165, 1.54) is 4.90 Å². The first-order valence-electron chi connectivity index (χ1n) is 11.0. The molecule has 0 saturated heterocycles. The van der Waals surface area contributed by atoms with E-state index in [-0.39, 0.29) is 24.1 Å². The summed E-state index contributed by atoms with van der Waals surface area (Å²) >= 11 is 0. The molecule has 32 heavy (non-hydrogen) atoms. The average Bonchev–Trinajstić information content (AvgIpc) is 2.81. The van der Waals surface area contributed by atoms with Crippen LogP contribution >= 0.6 is 0 Å².